The Labute approximate surface area is 114 Å². The smallest absolute Gasteiger partial charge is 0.210 e. The van der Waals surface area contributed by atoms with Gasteiger partial charge in [-0.15, -0.1) is 0 Å². The van der Waals surface area contributed by atoms with Gasteiger partial charge in [0.1, 0.15) is 0 Å². The molecule has 5 heteroatoms. The van der Waals surface area contributed by atoms with E-state index in [0.717, 1.165) is 0 Å². The van der Waals surface area contributed by atoms with Crippen LogP contribution in [-0.2, 0) is 0 Å². The molecule has 0 aliphatic heterocycles. The fourth-order valence-electron chi connectivity index (χ4n) is 1.83. The summed E-state index contributed by atoms with van der Waals surface area (Å²) in [4.78, 5) is 0. The summed E-state index contributed by atoms with van der Waals surface area (Å²) < 4.78 is 46.6. The number of aromatic hydroxyl groups is 1. The zero-order valence-corrected chi connectivity index (χ0v) is 10.8. The molecule has 0 amide bonds. The molecule has 0 aromatic heterocycles. The molecule has 2 rings (SSSR count). The van der Waals surface area contributed by atoms with Gasteiger partial charge in [-0.25, -0.2) is 4.39 Å². The molecule has 0 aliphatic carbocycles. The van der Waals surface area contributed by atoms with Gasteiger partial charge in [0.25, 0.3) is 0 Å². The van der Waals surface area contributed by atoms with Gasteiger partial charge in [0.05, 0.1) is 12.2 Å². The number of halogens is 3. The van der Waals surface area contributed by atoms with E-state index in [-0.39, 0.29) is 12.2 Å². The van der Waals surface area contributed by atoms with Crippen LogP contribution in [0, 0.1) is 17.5 Å². The van der Waals surface area contributed by atoms with E-state index >= 15 is 0 Å². The van der Waals surface area contributed by atoms with Crippen LogP contribution in [0.15, 0.2) is 30.3 Å². The summed E-state index contributed by atoms with van der Waals surface area (Å²) in [5, 5.41) is 9.77. The summed E-state index contributed by atoms with van der Waals surface area (Å²) in [7, 11) is 0. The normalized spacial score (nSPS) is 10.6. The summed E-state index contributed by atoms with van der Waals surface area (Å²) in [6, 6.07) is 7.72. The van der Waals surface area contributed by atoms with Crippen LogP contribution in [0.1, 0.15) is 13.3 Å². The quantitative estimate of drug-likeness (QED) is 0.849. The predicted octanol–water partition coefficient (Wildman–Crippen LogP) is 4.27. The third-order valence-corrected chi connectivity index (χ3v) is 2.77. The average Bonchev–Trinajstić information content (AvgIpc) is 2.47. The molecule has 0 bridgehead atoms. The van der Waals surface area contributed by atoms with Crippen LogP contribution >= 0.6 is 0 Å². The Bertz CT molecular complexity index is 583. The summed E-state index contributed by atoms with van der Waals surface area (Å²) in [5.41, 5.74) is -0.327. The van der Waals surface area contributed by atoms with Gasteiger partial charge in [-0.3, -0.25) is 0 Å². The van der Waals surface area contributed by atoms with Crippen molar-refractivity contribution in [1.82, 2.24) is 0 Å². The highest BCUT2D eigenvalue weighted by Gasteiger charge is 2.26. The Morgan fingerprint density at radius 2 is 1.65 bits per heavy atom. The molecular weight excluding hydrogens is 269 g/mol. The fourth-order valence-corrected chi connectivity index (χ4v) is 1.83. The zero-order valence-electron chi connectivity index (χ0n) is 10.8. The van der Waals surface area contributed by atoms with E-state index in [9.17, 15) is 18.3 Å². The highest BCUT2D eigenvalue weighted by Crippen LogP contribution is 2.40. The van der Waals surface area contributed by atoms with Gasteiger partial charge in [-0.1, -0.05) is 37.3 Å². The molecule has 1 N–H and O–H groups in total. The van der Waals surface area contributed by atoms with E-state index in [4.69, 9.17) is 4.74 Å². The fraction of sp³-hybridized carbons (Fsp3) is 0.200. The molecule has 0 unspecified atom stereocenters. The Morgan fingerprint density at radius 1 is 1.00 bits per heavy atom. The number of hydrogen-bond donors (Lipinski definition) is 1. The first-order chi connectivity index (χ1) is 9.57. The Morgan fingerprint density at radius 3 is 2.25 bits per heavy atom. The molecular formula is C15H13F3O2. The van der Waals surface area contributed by atoms with Gasteiger partial charge < -0.3 is 9.84 Å². The molecule has 0 saturated heterocycles. The summed E-state index contributed by atoms with van der Waals surface area (Å²) in [6.07, 6.45) is 0.502. The van der Waals surface area contributed by atoms with Gasteiger partial charge in [0, 0.05) is 0 Å². The maximum atomic E-state index is 14.0. The van der Waals surface area contributed by atoms with Crippen molar-refractivity contribution in [3.8, 4) is 22.6 Å². The van der Waals surface area contributed by atoms with Crippen molar-refractivity contribution in [3.05, 3.63) is 47.8 Å². The number of phenols is 1. The first-order valence-electron chi connectivity index (χ1n) is 6.15. The van der Waals surface area contributed by atoms with E-state index in [2.05, 4.69) is 0 Å². The standard InChI is InChI=1S/C15H13F3O2/c1-2-8-20-15-12(17)11(16)10(14(19)13(15)18)9-6-4-3-5-7-9/h3-7,19H,2,8H2,1H3. The summed E-state index contributed by atoms with van der Waals surface area (Å²) in [5.74, 6) is -5.91. The number of hydrogen-bond acceptors (Lipinski definition) is 2. The van der Waals surface area contributed by atoms with Crippen LogP contribution in [0.4, 0.5) is 13.2 Å². The topological polar surface area (TPSA) is 29.5 Å². The molecule has 0 radical (unpaired) electrons. The molecule has 2 aromatic carbocycles. The highest BCUT2D eigenvalue weighted by molar-refractivity contribution is 5.72. The maximum absolute atomic E-state index is 14.0. The minimum absolute atomic E-state index is 0.0252. The molecule has 0 aliphatic rings. The van der Waals surface area contributed by atoms with Crippen LogP contribution in [0.3, 0.4) is 0 Å². The van der Waals surface area contributed by atoms with Gasteiger partial charge in [-0.2, -0.15) is 8.78 Å². The lowest BCUT2D eigenvalue weighted by molar-refractivity contribution is 0.272. The van der Waals surface area contributed by atoms with Crippen LogP contribution in [0.25, 0.3) is 11.1 Å². The molecule has 20 heavy (non-hydrogen) atoms. The Balaban J connectivity index is 2.62. The molecule has 0 spiro atoms. The van der Waals surface area contributed by atoms with E-state index in [1.54, 1.807) is 25.1 Å². The molecule has 0 atom stereocenters. The lowest BCUT2D eigenvalue weighted by Crippen LogP contribution is -2.04. The second-order valence-corrected chi connectivity index (χ2v) is 4.21. The van der Waals surface area contributed by atoms with E-state index < -0.39 is 34.5 Å². The summed E-state index contributed by atoms with van der Waals surface area (Å²) in [6.45, 7) is 1.77. The van der Waals surface area contributed by atoms with Gasteiger partial charge in [-0.05, 0) is 12.0 Å². The average molecular weight is 282 g/mol. The van der Waals surface area contributed by atoms with Gasteiger partial charge in [0.15, 0.2) is 17.3 Å². The molecule has 2 aromatic rings. The molecule has 0 fully saturated rings. The van der Waals surface area contributed by atoms with Crippen molar-refractivity contribution in [2.24, 2.45) is 0 Å². The maximum Gasteiger partial charge on any atom is 0.210 e. The zero-order chi connectivity index (χ0) is 14.7. The monoisotopic (exact) mass is 282 g/mol. The molecule has 0 saturated carbocycles. The first-order valence-corrected chi connectivity index (χ1v) is 6.15. The van der Waals surface area contributed by atoms with E-state index in [0.29, 0.717) is 6.42 Å². The molecule has 106 valence electrons. The summed E-state index contributed by atoms with van der Waals surface area (Å²) >= 11 is 0. The first kappa shape index (κ1) is 14.2. The molecule has 2 nitrogen and oxygen atoms in total. The van der Waals surface area contributed by atoms with Crippen molar-refractivity contribution < 1.29 is 23.0 Å². The highest BCUT2D eigenvalue weighted by atomic mass is 19.2. The van der Waals surface area contributed by atoms with Crippen molar-refractivity contribution in [2.45, 2.75) is 13.3 Å². The lowest BCUT2D eigenvalue weighted by atomic mass is 10.0. The third-order valence-electron chi connectivity index (χ3n) is 2.77. The molecule has 0 heterocycles. The Hall–Kier alpha value is -2.17. The second-order valence-electron chi connectivity index (χ2n) is 4.21. The number of rotatable bonds is 4. The van der Waals surface area contributed by atoms with Crippen LogP contribution in [0.5, 0.6) is 11.5 Å². The van der Waals surface area contributed by atoms with Crippen molar-refractivity contribution in [1.29, 1.82) is 0 Å². The van der Waals surface area contributed by atoms with Crippen molar-refractivity contribution >= 4 is 0 Å². The SMILES string of the molecule is CCCOc1c(F)c(O)c(-c2ccccc2)c(F)c1F. The lowest BCUT2D eigenvalue weighted by Gasteiger charge is -2.13. The van der Waals surface area contributed by atoms with Crippen molar-refractivity contribution in [3.63, 3.8) is 0 Å². The number of benzene rings is 2. The van der Waals surface area contributed by atoms with Gasteiger partial charge >= 0.3 is 0 Å². The van der Waals surface area contributed by atoms with Crippen LogP contribution in [0.2, 0.25) is 0 Å². The predicted molar refractivity (Wildman–Crippen MR) is 69.2 cm³/mol. The number of phenolic OH excluding ortho intramolecular Hbond substituents is 1. The van der Waals surface area contributed by atoms with E-state index in [1.807, 2.05) is 0 Å². The van der Waals surface area contributed by atoms with Crippen molar-refractivity contribution in [2.75, 3.05) is 6.61 Å². The van der Waals surface area contributed by atoms with Gasteiger partial charge in [0.2, 0.25) is 11.6 Å². The van der Waals surface area contributed by atoms with E-state index in [1.165, 1.54) is 12.1 Å². The van der Waals surface area contributed by atoms with Crippen LogP contribution in [-0.4, -0.2) is 11.7 Å². The second kappa shape index (κ2) is 5.86. The minimum atomic E-state index is -1.44. The Kier molecular flexibility index (Phi) is 4.17. The van der Waals surface area contributed by atoms with Crippen LogP contribution < -0.4 is 4.74 Å². The number of ether oxygens (including phenoxy) is 1. The minimum Gasteiger partial charge on any atom is -0.504 e. The third kappa shape index (κ3) is 2.43. The largest absolute Gasteiger partial charge is 0.504 e.